The van der Waals surface area contributed by atoms with Gasteiger partial charge in [-0.1, -0.05) is 25.5 Å². The van der Waals surface area contributed by atoms with Crippen molar-refractivity contribution in [1.82, 2.24) is 31.3 Å². The number of aromatic nitrogens is 2. The average Bonchev–Trinajstić information content (AvgIpc) is 3.15. The summed E-state index contributed by atoms with van der Waals surface area (Å²) in [7, 11) is 0. The molecule has 0 fully saturated rings. The van der Waals surface area contributed by atoms with Crippen molar-refractivity contribution < 1.29 is 14.0 Å². The van der Waals surface area contributed by atoms with Gasteiger partial charge in [0, 0.05) is 24.6 Å². The molecular formula is C18H23FN6O2. The van der Waals surface area contributed by atoms with Crippen LogP contribution in [0, 0.1) is 5.82 Å². The molecule has 3 rings (SSSR count). The van der Waals surface area contributed by atoms with Crippen LogP contribution in [0.25, 0.3) is 11.3 Å². The molecule has 0 saturated carbocycles. The summed E-state index contributed by atoms with van der Waals surface area (Å²) in [6, 6.07) is 5.75. The van der Waals surface area contributed by atoms with Crippen LogP contribution >= 0.6 is 0 Å². The fraction of sp³-hybridized carbons (Fsp3) is 0.389. The van der Waals surface area contributed by atoms with Gasteiger partial charge >= 0.3 is 6.03 Å². The zero-order valence-electron chi connectivity index (χ0n) is 15.3. The number of hydrogen-bond donors (Lipinski definition) is 4. The number of nitrogens with zero attached hydrogens (tertiary/aromatic N) is 2. The Balaban J connectivity index is 1.84. The largest absolute Gasteiger partial charge is 0.337 e. The van der Waals surface area contributed by atoms with Gasteiger partial charge in [-0.3, -0.25) is 15.3 Å². The van der Waals surface area contributed by atoms with Gasteiger partial charge in [0.15, 0.2) is 0 Å². The molecule has 144 valence electrons. The highest BCUT2D eigenvalue weighted by atomic mass is 19.1. The first-order valence-corrected chi connectivity index (χ1v) is 8.91. The molecule has 8 nitrogen and oxygen atoms in total. The monoisotopic (exact) mass is 374 g/mol. The molecule has 1 aromatic heterocycles. The number of amides is 3. The first-order valence-electron chi connectivity index (χ1n) is 8.91. The molecule has 1 aromatic carbocycles. The van der Waals surface area contributed by atoms with E-state index in [0.717, 1.165) is 18.5 Å². The number of aromatic amines is 1. The van der Waals surface area contributed by atoms with E-state index in [2.05, 4.69) is 26.3 Å². The first kappa shape index (κ1) is 18.8. The molecule has 0 spiro atoms. The van der Waals surface area contributed by atoms with Crippen molar-refractivity contribution in [3.8, 4) is 11.3 Å². The summed E-state index contributed by atoms with van der Waals surface area (Å²) in [6.45, 7) is 4.35. The summed E-state index contributed by atoms with van der Waals surface area (Å²) < 4.78 is 13.6. The molecule has 1 unspecified atom stereocenters. The number of H-pyrrole nitrogens is 1. The highest BCUT2D eigenvalue weighted by Gasteiger charge is 2.37. The number of halogens is 1. The Morgan fingerprint density at radius 1 is 1.41 bits per heavy atom. The van der Waals surface area contributed by atoms with E-state index in [1.807, 2.05) is 6.92 Å². The number of hydrazine groups is 1. The lowest BCUT2D eigenvalue weighted by Crippen LogP contribution is -2.50. The fourth-order valence-corrected chi connectivity index (χ4v) is 3.07. The van der Waals surface area contributed by atoms with E-state index in [1.54, 1.807) is 17.1 Å². The van der Waals surface area contributed by atoms with Crippen LogP contribution in [0.4, 0.5) is 9.18 Å². The Kier molecular flexibility index (Phi) is 5.70. The van der Waals surface area contributed by atoms with Gasteiger partial charge in [0.1, 0.15) is 12.0 Å². The number of benzene rings is 1. The van der Waals surface area contributed by atoms with Gasteiger partial charge in [-0.25, -0.2) is 9.18 Å². The van der Waals surface area contributed by atoms with Gasteiger partial charge in [0.2, 0.25) is 5.91 Å². The van der Waals surface area contributed by atoms with Crippen molar-refractivity contribution in [2.24, 2.45) is 0 Å². The van der Waals surface area contributed by atoms with Gasteiger partial charge in [-0.15, -0.1) is 0 Å². The SMILES string of the molecule is CCCCNC(=O)NN1Cc2[nH]nc(-c3cccc(F)c3)c2C1NC(C)=O. The molecule has 27 heavy (non-hydrogen) atoms. The molecule has 0 radical (unpaired) electrons. The van der Waals surface area contributed by atoms with E-state index in [4.69, 9.17) is 0 Å². The van der Waals surface area contributed by atoms with Crippen molar-refractivity contribution in [1.29, 1.82) is 0 Å². The lowest BCUT2D eigenvalue weighted by Gasteiger charge is -2.26. The molecule has 4 N–H and O–H groups in total. The number of urea groups is 1. The Hall–Kier alpha value is -2.94. The first-order chi connectivity index (χ1) is 13.0. The topological polar surface area (TPSA) is 102 Å². The third kappa shape index (κ3) is 4.25. The molecule has 1 aliphatic rings. The van der Waals surface area contributed by atoms with Crippen molar-refractivity contribution in [3.63, 3.8) is 0 Å². The van der Waals surface area contributed by atoms with E-state index in [1.165, 1.54) is 19.1 Å². The van der Waals surface area contributed by atoms with Crippen LogP contribution in [0.15, 0.2) is 24.3 Å². The van der Waals surface area contributed by atoms with Crippen LogP contribution in [0.2, 0.25) is 0 Å². The van der Waals surface area contributed by atoms with Crippen molar-refractivity contribution >= 4 is 11.9 Å². The maximum atomic E-state index is 13.6. The van der Waals surface area contributed by atoms with Gasteiger partial charge in [-0.05, 0) is 18.6 Å². The van der Waals surface area contributed by atoms with Gasteiger partial charge < -0.3 is 10.6 Å². The number of unbranched alkanes of at least 4 members (excludes halogenated alkanes) is 1. The zero-order chi connectivity index (χ0) is 19.4. The molecule has 9 heteroatoms. The van der Waals surface area contributed by atoms with Gasteiger partial charge in [0.25, 0.3) is 0 Å². The predicted molar refractivity (Wildman–Crippen MR) is 97.5 cm³/mol. The minimum atomic E-state index is -0.605. The van der Waals surface area contributed by atoms with E-state index in [-0.39, 0.29) is 17.8 Å². The zero-order valence-corrected chi connectivity index (χ0v) is 15.3. The number of carbonyl (C=O) groups excluding carboxylic acids is 2. The Morgan fingerprint density at radius 2 is 2.22 bits per heavy atom. The van der Waals surface area contributed by atoms with Crippen LogP contribution < -0.4 is 16.1 Å². The number of nitrogens with one attached hydrogen (secondary N) is 4. The second-order valence-corrected chi connectivity index (χ2v) is 6.43. The van der Waals surface area contributed by atoms with Crippen LogP contribution in [0.5, 0.6) is 0 Å². The molecule has 1 aliphatic heterocycles. The van der Waals surface area contributed by atoms with Gasteiger partial charge in [0.05, 0.1) is 17.9 Å². The van der Waals surface area contributed by atoms with E-state index in [9.17, 15) is 14.0 Å². The molecule has 1 atom stereocenters. The second kappa shape index (κ2) is 8.17. The minimum Gasteiger partial charge on any atom is -0.337 e. The predicted octanol–water partition coefficient (Wildman–Crippen LogP) is 2.18. The minimum absolute atomic E-state index is 0.252. The maximum Gasteiger partial charge on any atom is 0.329 e. The van der Waals surface area contributed by atoms with Crippen molar-refractivity contribution in [2.45, 2.75) is 39.4 Å². The van der Waals surface area contributed by atoms with Crippen molar-refractivity contribution in [3.05, 3.63) is 41.3 Å². The number of hydrogen-bond acceptors (Lipinski definition) is 4. The smallest absolute Gasteiger partial charge is 0.329 e. The summed E-state index contributed by atoms with van der Waals surface area (Å²) in [4.78, 5) is 23.8. The summed E-state index contributed by atoms with van der Waals surface area (Å²) in [5.41, 5.74) is 5.36. The number of carbonyl (C=O) groups is 2. The molecule has 0 aliphatic carbocycles. The third-order valence-electron chi connectivity index (χ3n) is 4.30. The average molecular weight is 374 g/mol. The molecular weight excluding hydrogens is 351 g/mol. The number of rotatable bonds is 6. The quantitative estimate of drug-likeness (QED) is 0.582. The molecule has 2 aromatic rings. The second-order valence-electron chi connectivity index (χ2n) is 6.43. The summed E-state index contributed by atoms with van der Waals surface area (Å²) in [6.07, 6.45) is 1.26. The molecule has 0 saturated heterocycles. The van der Waals surface area contributed by atoms with Gasteiger partial charge in [-0.2, -0.15) is 10.1 Å². The standard InChI is InChI=1S/C18H23FN6O2/c1-3-4-8-20-18(27)24-25-10-14-15(17(25)21-11(2)26)16(23-22-14)12-6-5-7-13(19)9-12/h5-7,9,17H,3-4,8,10H2,1-2H3,(H,21,26)(H,22,23)(H2,20,24,27). The fourth-order valence-electron chi connectivity index (χ4n) is 3.07. The third-order valence-corrected chi connectivity index (χ3v) is 4.30. The van der Waals surface area contributed by atoms with Crippen LogP contribution in [0.1, 0.15) is 44.1 Å². The molecule has 3 amide bonds. The summed E-state index contributed by atoms with van der Waals surface area (Å²) >= 11 is 0. The Bertz CT molecular complexity index is 837. The molecule has 0 bridgehead atoms. The summed E-state index contributed by atoms with van der Waals surface area (Å²) in [5, 5.41) is 14.4. The molecule has 2 heterocycles. The lowest BCUT2D eigenvalue weighted by atomic mass is 10.1. The highest BCUT2D eigenvalue weighted by Crippen LogP contribution is 2.36. The van der Waals surface area contributed by atoms with E-state index < -0.39 is 6.17 Å². The van der Waals surface area contributed by atoms with E-state index in [0.29, 0.717) is 29.9 Å². The Labute approximate surface area is 156 Å². The van der Waals surface area contributed by atoms with Crippen LogP contribution in [0.3, 0.4) is 0 Å². The van der Waals surface area contributed by atoms with Crippen LogP contribution in [-0.4, -0.2) is 33.7 Å². The van der Waals surface area contributed by atoms with Crippen molar-refractivity contribution in [2.75, 3.05) is 6.54 Å². The normalized spacial score (nSPS) is 16.0. The highest BCUT2D eigenvalue weighted by molar-refractivity contribution is 5.76. The summed E-state index contributed by atoms with van der Waals surface area (Å²) in [5.74, 6) is -0.624. The van der Waals surface area contributed by atoms with Crippen LogP contribution in [-0.2, 0) is 11.3 Å². The number of fused-ring (bicyclic) bond motifs is 1. The maximum absolute atomic E-state index is 13.6. The Morgan fingerprint density at radius 3 is 2.93 bits per heavy atom. The van der Waals surface area contributed by atoms with E-state index >= 15 is 0 Å². The lowest BCUT2D eigenvalue weighted by molar-refractivity contribution is -0.121.